The zero-order valence-electron chi connectivity index (χ0n) is 12.9. The van der Waals surface area contributed by atoms with Gasteiger partial charge in [-0.15, -0.1) is 0 Å². The highest BCUT2D eigenvalue weighted by Gasteiger charge is 2.27. The van der Waals surface area contributed by atoms with Crippen molar-refractivity contribution < 1.29 is 5.11 Å². The maximum absolute atomic E-state index is 10.6. The summed E-state index contributed by atoms with van der Waals surface area (Å²) in [6.07, 6.45) is 5.42. The molecule has 20 heavy (non-hydrogen) atoms. The van der Waals surface area contributed by atoms with Crippen LogP contribution in [0.2, 0.25) is 5.02 Å². The first-order chi connectivity index (χ1) is 9.42. The van der Waals surface area contributed by atoms with E-state index in [-0.39, 0.29) is 6.10 Å². The van der Waals surface area contributed by atoms with E-state index >= 15 is 0 Å². The van der Waals surface area contributed by atoms with Crippen molar-refractivity contribution in [3.8, 4) is 0 Å². The minimum Gasteiger partial charge on any atom is -0.392 e. The number of hydrogen-bond acceptors (Lipinski definition) is 2. The van der Waals surface area contributed by atoms with Crippen molar-refractivity contribution in [1.82, 2.24) is 9.78 Å². The molecule has 1 N–H and O–H groups in total. The van der Waals surface area contributed by atoms with Gasteiger partial charge in [0.2, 0.25) is 0 Å². The Labute approximate surface area is 126 Å². The molecule has 3 unspecified atom stereocenters. The SMILES string of the molecule is CCc1nn(C)c(CC(O)C2CC(C)=CC(C)C2)c1Cl. The molecule has 0 fully saturated rings. The highest BCUT2D eigenvalue weighted by Crippen LogP contribution is 2.32. The van der Waals surface area contributed by atoms with Gasteiger partial charge >= 0.3 is 0 Å². The number of allylic oxidation sites excluding steroid dienone is 2. The molecule has 0 bridgehead atoms. The van der Waals surface area contributed by atoms with Crippen molar-refractivity contribution in [2.75, 3.05) is 0 Å². The van der Waals surface area contributed by atoms with Crippen molar-refractivity contribution in [3.05, 3.63) is 28.1 Å². The third-order valence-electron chi connectivity index (χ3n) is 4.28. The molecule has 0 aromatic carbocycles. The number of hydrogen-bond donors (Lipinski definition) is 1. The normalized spacial score (nSPS) is 24.6. The van der Waals surface area contributed by atoms with Crippen molar-refractivity contribution >= 4 is 11.6 Å². The number of nitrogens with zero attached hydrogens (tertiary/aromatic N) is 2. The second-order valence-electron chi connectivity index (χ2n) is 6.15. The van der Waals surface area contributed by atoms with E-state index in [0.717, 1.165) is 35.7 Å². The Kier molecular flexibility index (Phi) is 4.92. The predicted octanol–water partition coefficient (Wildman–Crippen LogP) is 3.53. The lowest BCUT2D eigenvalue weighted by Gasteiger charge is -2.29. The Morgan fingerprint density at radius 3 is 2.80 bits per heavy atom. The van der Waals surface area contributed by atoms with Crippen LogP contribution in [0.1, 0.15) is 45.0 Å². The molecule has 0 radical (unpaired) electrons. The van der Waals surface area contributed by atoms with Gasteiger partial charge in [0.15, 0.2) is 0 Å². The van der Waals surface area contributed by atoms with E-state index in [4.69, 9.17) is 11.6 Å². The van der Waals surface area contributed by atoms with E-state index < -0.39 is 0 Å². The number of aliphatic hydroxyl groups is 1. The first-order valence-electron chi connectivity index (χ1n) is 7.48. The molecule has 3 nitrogen and oxygen atoms in total. The zero-order chi connectivity index (χ0) is 14.9. The predicted molar refractivity (Wildman–Crippen MR) is 83.0 cm³/mol. The maximum Gasteiger partial charge on any atom is 0.0850 e. The summed E-state index contributed by atoms with van der Waals surface area (Å²) in [6.45, 7) is 6.42. The number of rotatable bonds is 4. The lowest BCUT2D eigenvalue weighted by atomic mass is 9.79. The fraction of sp³-hybridized carbons (Fsp3) is 0.688. The summed E-state index contributed by atoms with van der Waals surface area (Å²) in [5.74, 6) is 0.877. The molecule has 1 aromatic rings. The number of aromatic nitrogens is 2. The lowest BCUT2D eigenvalue weighted by Crippen LogP contribution is -2.28. The Morgan fingerprint density at radius 2 is 2.25 bits per heavy atom. The smallest absolute Gasteiger partial charge is 0.0850 e. The minimum absolute atomic E-state index is 0.325. The molecule has 0 amide bonds. The first kappa shape index (κ1) is 15.6. The van der Waals surface area contributed by atoms with Crippen LogP contribution < -0.4 is 0 Å². The molecule has 4 heteroatoms. The summed E-state index contributed by atoms with van der Waals surface area (Å²) >= 11 is 6.36. The lowest BCUT2D eigenvalue weighted by molar-refractivity contribution is 0.0915. The van der Waals surface area contributed by atoms with E-state index in [2.05, 4.69) is 25.0 Å². The largest absolute Gasteiger partial charge is 0.392 e. The van der Waals surface area contributed by atoms with Crippen LogP contribution >= 0.6 is 11.6 Å². The second-order valence-corrected chi connectivity index (χ2v) is 6.52. The highest BCUT2D eigenvalue weighted by atomic mass is 35.5. The molecule has 1 aromatic heterocycles. The van der Waals surface area contributed by atoms with Crippen LogP contribution in [0.4, 0.5) is 0 Å². The van der Waals surface area contributed by atoms with E-state index in [0.29, 0.717) is 18.3 Å². The van der Waals surface area contributed by atoms with Gasteiger partial charge < -0.3 is 5.11 Å². The van der Waals surface area contributed by atoms with Crippen LogP contribution in [0.15, 0.2) is 11.6 Å². The molecule has 0 saturated carbocycles. The van der Waals surface area contributed by atoms with Gasteiger partial charge in [-0.3, -0.25) is 4.68 Å². The minimum atomic E-state index is -0.348. The van der Waals surface area contributed by atoms with Gasteiger partial charge in [-0.1, -0.05) is 37.1 Å². The van der Waals surface area contributed by atoms with Crippen molar-refractivity contribution in [2.45, 2.75) is 52.6 Å². The van der Waals surface area contributed by atoms with Gasteiger partial charge in [-0.2, -0.15) is 5.10 Å². The number of aliphatic hydroxyl groups excluding tert-OH is 1. The van der Waals surface area contributed by atoms with Crippen molar-refractivity contribution in [2.24, 2.45) is 18.9 Å². The number of halogens is 1. The fourth-order valence-corrected chi connectivity index (χ4v) is 3.67. The van der Waals surface area contributed by atoms with Crippen molar-refractivity contribution in [3.63, 3.8) is 0 Å². The second kappa shape index (κ2) is 6.31. The molecule has 3 atom stereocenters. The summed E-state index contributed by atoms with van der Waals surface area (Å²) in [5.41, 5.74) is 3.26. The monoisotopic (exact) mass is 296 g/mol. The van der Waals surface area contributed by atoms with Gasteiger partial charge in [0.25, 0.3) is 0 Å². The average Bonchev–Trinajstić information content (AvgIpc) is 2.65. The van der Waals surface area contributed by atoms with Gasteiger partial charge in [-0.05, 0) is 38.0 Å². The average molecular weight is 297 g/mol. The summed E-state index contributed by atoms with van der Waals surface area (Å²) in [7, 11) is 1.90. The van der Waals surface area contributed by atoms with Crippen LogP contribution in [0.25, 0.3) is 0 Å². The van der Waals surface area contributed by atoms with Crippen LogP contribution in [-0.4, -0.2) is 21.0 Å². The molecular formula is C16H25ClN2O. The van der Waals surface area contributed by atoms with E-state index in [9.17, 15) is 5.11 Å². The zero-order valence-corrected chi connectivity index (χ0v) is 13.6. The molecule has 1 aliphatic carbocycles. The topological polar surface area (TPSA) is 38.0 Å². The Balaban J connectivity index is 2.10. The molecule has 1 aliphatic rings. The first-order valence-corrected chi connectivity index (χ1v) is 7.85. The Morgan fingerprint density at radius 1 is 1.55 bits per heavy atom. The maximum atomic E-state index is 10.6. The van der Waals surface area contributed by atoms with Crippen LogP contribution in [-0.2, 0) is 19.9 Å². The number of aryl methyl sites for hydroxylation is 2. The summed E-state index contributed by atoms with van der Waals surface area (Å²) in [6, 6.07) is 0. The molecule has 2 rings (SSSR count). The fourth-order valence-electron chi connectivity index (χ4n) is 3.30. The molecule has 0 spiro atoms. The third-order valence-corrected chi connectivity index (χ3v) is 4.71. The van der Waals surface area contributed by atoms with E-state index in [1.54, 1.807) is 0 Å². The molecular weight excluding hydrogens is 272 g/mol. The molecule has 0 aliphatic heterocycles. The summed E-state index contributed by atoms with van der Waals surface area (Å²) in [4.78, 5) is 0. The third kappa shape index (κ3) is 3.26. The molecule has 0 saturated heterocycles. The van der Waals surface area contributed by atoms with Crippen molar-refractivity contribution in [1.29, 1.82) is 0 Å². The van der Waals surface area contributed by atoms with Gasteiger partial charge in [-0.25, -0.2) is 0 Å². The van der Waals surface area contributed by atoms with E-state index in [1.165, 1.54) is 5.57 Å². The highest BCUT2D eigenvalue weighted by molar-refractivity contribution is 6.31. The van der Waals surface area contributed by atoms with Gasteiger partial charge in [0.1, 0.15) is 0 Å². The molecule has 112 valence electrons. The van der Waals surface area contributed by atoms with Crippen LogP contribution in [0.3, 0.4) is 0 Å². The Hall–Kier alpha value is -0.800. The summed E-state index contributed by atoms with van der Waals surface area (Å²) in [5, 5.41) is 15.7. The van der Waals surface area contributed by atoms with E-state index in [1.807, 2.05) is 18.7 Å². The Bertz CT molecular complexity index is 507. The standard InChI is InChI=1S/C16H25ClN2O/c1-5-13-16(17)14(19(4)18-13)9-15(20)12-7-10(2)6-11(3)8-12/h6,10,12,15,20H,5,7-9H2,1-4H3. The van der Waals surface area contributed by atoms with Gasteiger partial charge in [0, 0.05) is 13.5 Å². The quantitative estimate of drug-likeness (QED) is 0.863. The summed E-state index contributed by atoms with van der Waals surface area (Å²) < 4.78 is 1.82. The molecule has 1 heterocycles. The van der Waals surface area contributed by atoms with Gasteiger partial charge in [0.05, 0.1) is 22.5 Å². The van der Waals surface area contributed by atoms with Crippen LogP contribution in [0, 0.1) is 11.8 Å². The van der Waals surface area contributed by atoms with Crippen LogP contribution in [0.5, 0.6) is 0 Å².